The van der Waals surface area contributed by atoms with Crippen molar-refractivity contribution in [1.82, 2.24) is 10.2 Å². The van der Waals surface area contributed by atoms with Gasteiger partial charge in [0.15, 0.2) is 0 Å². The molecule has 0 aromatic heterocycles. The lowest BCUT2D eigenvalue weighted by Gasteiger charge is -2.34. The minimum Gasteiger partial charge on any atom is -0.496 e. The SMILES string of the molecule is COc1cc2c(cc1CNC(=O)C1COCCN1CC(F)F)OC(C)C2. The Morgan fingerprint density at radius 1 is 1.46 bits per heavy atom. The molecular formula is C18H24F2N2O4. The van der Waals surface area contributed by atoms with E-state index in [1.807, 2.05) is 19.1 Å². The Kier molecular flexibility index (Phi) is 5.93. The van der Waals surface area contributed by atoms with Gasteiger partial charge in [-0.2, -0.15) is 0 Å². The Balaban J connectivity index is 1.66. The number of amides is 1. The number of carbonyl (C=O) groups is 1. The van der Waals surface area contributed by atoms with Crippen LogP contribution in [0, 0.1) is 0 Å². The monoisotopic (exact) mass is 370 g/mol. The maximum Gasteiger partial charge on any atom is 0.251 e. The van der Waals surface area contributed by atoms with Gasteiger partial charge in [-0.25, -0.2) is 8.78 Å². The van der Waals surface area contributed by atoms with E-state index in [0.717, 1.165) is 23.3 Å². The lowest BCUT2D eigenvalue weighted by Crippen LogP contribution is -2.54. The molecule has 2 aliphatic heterocycles. The third-order valence-corrected chi connectivity index (χ3v) is 4.67. The zero-order valence-corrected chi connectivity index (χ0v) is 15.0. The fourth-order valence-corrected chi connectivity index (χ4v) is 3.39. The molecular weight excluding hydrogens is 346 g/mol. The van der Waals surface area contributed by atoms with Crippen molar-refractivity contribution in [3.63, 3.8) is 0 Å². The highest BCUT2D eigenvalue weighted by molar-refractivity contribution is 5.82. The van der Waals surface area contributed by atoms with Crippen molar-refractivity contribution in [2.24, 2.45) is 0 Å². The van der Waals surface area contributed by atoms with Crippen LogP contribution < -0.4 is 14.8 Å². The fourth-order valence-electron chi connectivity index (χ4n) is 3.39. The van der Waals surface area contributed by atoms with Gasteiger partial charge in [0.25, 0.3) is 6.43 Å². The second kappa shape index (κ2) is 8.18. The van der Waals surface area contributed by atoms with Gasteiger partial charge in [-0.1, -0.05) is 0 Å². The third-order valence-electron chi connectivity index (χ3n) is 4.67. The first-order valence-corrected chi connectivity index (χ1v) is 8.72. The van der Waals surface area contributed by atoms with E-state index in [0.29, 0.717) is 18.9 Å². The first-order valence-electron chi connectivity index (χ1n) is 8.72. The number of nitrogens with one attached hydrogen (secondary N) is 1. The van der Waals surface area contributed by atoms with E-state index < -0.39 is 19.0 Å². The lowest BCUT2D eigenvalue weighted by atomic mass is 10.1. The van der Waals surface area contributed by atoms with Crippen LogP contribution in [0.3, 0.4) is 0 Å². The summed E-state index contributed by atoms with van der Waals surface area (Å²) in [5, 5.41) is 2.81. The van der Waals surface area contributed by atoms with Gasteiger partial charge in [0.2, 0.25) is 5.91 Å². The average Bonchev–Trinajstić information content (AvgIpc) is 2.97. The molecule has 2 heterocycles. The van der Waals surface area contributed by atoms with E-state index in [9.17, 15) is 13.6 Å². The molecule has 3 rings (SSSR count). The highest BCUT2D eigenvalue weighted by atomic mass is 19.3. The number of morpholine rings is 1. The maximum absolute atomic E-state index is 12.7. The van der Waals surface area contributed by atoms with Crippen molar-refractivity contribution in [2.45, 2.75) is 38.5 Å². The summed E-state index contributed by atoms with van der Waals surface area (Å²) < 4.78 is 41.9. The second-order valence-electron chi connectivity index (χ2n) is 6.60. The van der Waals surface area contributed by atoms with Gasteiger partial charge in [-0.15, -0.1) is 0 Å². The third kappa shape index (κ3) is 4.24. The maximum atomic E-state index is 12.7. The molecule has 1 N–H and O–H groups in total. The summed E-state index contributed by atoms with van der Waals surface area (Å²) in [5.41, 5.74) is 1.86. The molecule has 0 saturated carbocycles. The Labute approximate surface area is 151 Å². The van der Waals surface area contributed by atoms with Crippen LogP contribution in [0.25, 0.3) is 0 Å². The van der Waals surface area contributed by atoms with Crippen molar-refractivity contribution < 1.29 is 27.8 Å². The summed E-state index contributed by atoms with van der Waals surface area (Å²) in [7, 11) is 1.58. The molecule has 1 amide bonds. The number of alkyl halides is 2. The van der Waals surface area contributed by atoms with Crippen molar-refractivity contribution in [3.05, 3.63) is 23.3 Å². The largest absolute Gasteiger partial charge is 0.496 e. The van der Waals surface area contributed by atoms with E-state index in [-0.39, 0.29) is 25.2 Å². The molecule has 0 bridgehead atoms. The topological polar surface area (TPSA) is 60.0 Å². The molecule has 144 valence electrons. The quantitative estimate of drug-likeness (QED) is 0.824. The highest BCUT2D eigenvalue weighted by Crippen LogP contribution is 2.34. The summed E-state index contributed by atoms with van der Waals surface area (Å²) in [5.74, 6) is 1.14. The van der Waals surface area contributed by atoms with Crippen molar-refractivity contribution in [2.75, 3.05) is 33.4 Å². The smallest absolute Gasteiger partial charge is 0.251 e. The summed E-state index contributed by atoms with van der Waals surface area (Å²) in [6.45, 7) is 2.57. The number of halogens is 2. The fraction of sp³-hybridized carbons (Fsp3) is 0.611. The van der Waals surface area contributed by atoms with Gasteiger partial charge < -0.3 is 19.5 Å². The molecule has 1 saturated heterocycles. The molecule has 1 aromatic rings. The van der Waals surface area contributed by atoms with Gasteiger partial charge >= 0.3 is 0 Å². The van der Waals surface area contributed by atoms with E-state index >= 15 is 0 Å². The minimum absolute atomic E-state index is 0.112. The summed E-state index contributed by atoms with van der Waals surface area (Å²) >= 11 is 0. The number of ether oxygens (including phenoxy) is 3. The molecule has 1 fully saturated rings. The van der Waals surface area contributed by atoms with Crippen LogP contribution in [0.15, 0.2) is 12.1 Å². The van der Waals surface area contributed by atoms with Gasteiger partial charge in [0, 0.05) is 30.6 Å². The van der Waals surface area contributed by atoms with Crippen LogP contribution in [0.2, 0.25) is 0 Å². The molecule has 0 spiro atoms. The number of hydrogen-bond acceptors (Lipinski definition) is 5. The van der Waals surface area contributed by atoms with Crippen LogP contribution in [0.5, 0.6) is 11.5 Å². The molecule has 2 atom stereocenters. The zero-order valence-electron chi connectivity index (χ0n) is 15.0. The number of carbonyl (C=O) groups excluding carboxylic acids is 1. The Morgan fingerprint density at radius 2 is 2.27 bits per heavy atom. The second-order valence-corrected chi connectivity index (χ2v) is 6.60. The summed E-state index contributed by atoms with van der Waals surface area (Å²) in [6.07, 6.45) is -1.55. The summed E-state index contributed by atoms with van der Waals surface area (Å²) in [6, 6.07) is 3.08. The highest BCUT2D eigenvalue weighted by Gasteiger charge is 2.31. The number of methoxy groups -OCH3 is 1. The Bertz CT molecular complexity index is 656. The zero-order chi connectivity index (χ0) is 18.7. The number of benzene rings is 1. The van der Waals surface area contributed by atoms with Gasteiger partial charge in [0.05, 0.1) is 26.9 Å². The van der Waals surface area contributed by atoms with Crippen molar-refractivity contribution >= 4 is 5.91 Å². The number of rotatable bonds is 6. The molecule has 6 nitrogen and oxygen atoms in total. The van der Waals surface area contributed by atoms with Crippen LogP contribution in [0.4, 0.5) is 8.78 Å². The predicted octanol–water partition coefficient (Wildman–Crippen LogP) is 1.60. The van der Waals surface area contributed by atoms with Gasteiger partial charge in [-0.05, 0) is 19.1 Å². The van der Waals surface area contributed by atoms with Gasteiger partial charge in [-0.3, -0.25) is 9.69 Å². The molecule has 0 aliphatic carbocycles. The molecule has 1 aromatic carbocycles. The first-order chi connectivity index (χ1) is 12.5. The molecule has 8 heteroatoms. The van der Waals surface area contributed by atoms with Crippen LogP contribution in [-0.4, -0.2) is 62.8 Å². The normalized spacial score (nSPS) is 22.8. The van der Waals surface area contributed by atoms with E-state index in [1.54, 1.807) is 7.11 Å². The van der Waals surface area contributed by atoms with Gasteiger partial charge in [0.1, 0.15) is 23.6 Å². The number of nitrogens with zero attached hydrogens (tertiary/aromatic N) is 1. The van der Waals surface area contributed by atoms with E-state index in [4.69, 9.17) is 14.2 Å². The minimum atomic E-state index is -2.49. The number of hydrogen-bond donors (Lipinski definition) is 1. The Morgan fingerprint density at radius 3 is 3.00 bits per heavy atom. The molecule has 2 unspecified atom stereocenters. The molecule has 0 radical (unpaired) electrons. The van der Waals surface area contributed by atoms with Crippen LogP contribution >= 0.6 is 0 Å². The van der Waals surface area contributed by atoms with E-state index in [1.165, 1.54) is 4.90 Å². The molecule has 26 heavy (non-hydrogen) atoms. The predicted molar refractivity (Wildman–Crippen MR) is 90.8 cm³/mol. The first kappa shape index (κ1) is 18.8. The average molecular weight is 370 g/mol. The van der Waals surface area contributed by atoms with Crippen LogP contribution in [-0.2, 0) is 22.5 Å². The molecule has 2 aliphatic rings. The van der Waals surface area contributed by atoms with Crippen molar-refractivity contribution in [1.29, 1.82) is 0 Å². The Hall–Kier alpha value is -1.93. The van der Waals surface area contributed by atoms with Crippen LogP contribution in [0.1, 0.15) is 18.1 Å². The van der Waals surface area contributed by atoms with E-state index in [2.05, 4.69) is 5.32 Å². The van der Waals surface area contributed by atoms with Crippen molar-refractivity contribution in [3.8, 4) is 11.5 Å². The number of fused-ring (bicyclic) bond motifs is 1. The summed E-state index contributed by atoms with van der Waals surface area (Å²) in [4.78, 5) is 14.0. The standard InChI is InChI=1S/C18H24F2N2O4/c1-11-5-12-6-15(24-2)13(7-16(12)26-11)8-21-18(23)14-10-25-4-3-22(14)9-17(19)20/h6-7,11,14,17H,3-5,8-10H2,1-2H3,(H,21,23). The lowest BCUT2D eigenvalue weighted by molar-refractivity contribution is -0.134.